The average molecular weight is 691 g/mol. The van der Waals surface area contributed by atoms with E-state index in [0.717, 1.165) is 44.2 Å². The van der Waals surface area contributed by atoms with Crippen molar-refractivity contribution in [2.24, 2.45) is 74.9 Å². The van der Waals surface area contributed by atoms with Crippen LogP contribution in [0.15, 0.2) is 11.1 Å². The van der Waals surface area contributed by atoms with Crippen LogP contribution in [0.5, 0.6) is 0 Å². The van der Waals surface area contributed by atoms with Crippen molar-refractivity contribution in [2.75, 3.05) is 13.1 Å². The molecule has 7 nitrogen and oxygen atoms in total. The van der Waals surface area contributed by atoms with Crippen molar-refractivity contribution in [2.45, 2.75) is 144 Å². The van der Waals surface area contributed by atoms with E-state index in [9.17, 15) is 24.3 Å². The number of amides is 1. The number of aliphatic carboxylic acids is 1. The molecule has 1 heterocycles. The number of carbonyl (C=O) groups is 4. The number of hydrogen-bond donors (Lipinski definition) is 3. The number of allylic oxidation sites excluding steroid dienone is 2. The first kappa shape index (κ1) is 36.3. The molecule has 7 rings (SSSR count). The Bertz CT molecular complexity index is 1440. The van der Waals surface area contributed by atoms with Gasteiger partial charge in [-0.05, 0) is 147 Å². The molecule has 0 radical (unpaired) electrons. The zero-order chi connectivity index (χ0) is 36.0. The van der Waals surface area contributed by atoms with Gasteiger partial charge in [0.05, 0.1) is 12.0 Å². The summed E-state index contributed by atoms with van der Waals surface area (Å²) in [5.41, 5.74) is 3.06. The lowest BCUT2D eigenvalue weighted by Gasteiger charge is -2.69. The summed E-state index contributed by atoms with van der Waals surface area (Å²) in [5, 5.41) is 16.1. The highest BCUT2D eigenvalue weighted by Crippen LogP contribution is 2.74. The highest BCUT2D eigenvalue weighted by Gasteiger charge is 2.66. The lowest BCUT2D eigenvalue weighted by atomic mass is 9.35. The first-order chi connectivity index (χ1) is 23.5. The molecule has 0 aromatic carbocycles. The first-order valence-electron chi connectivity index (χ1n) is 20.6. The number of carboxylic acid groups (broad SMARTS) is 1. The summed E-state index contributed by atoms with van der Waals surface area (Å²) < 4.78 is 0. The van der Waals surface area contributed by atoms with Gasteiger partial charge < -0.3 is 15.7 Å². The molecule has 1 amide bonds. The monoisotopic (exact) mass is 690 g/mol. The van der Waals surface area contributed by atoms with Crippen LogP contribution < -0.4 is 10.6 Å². The first-order valence-corrected chi connectivity index (χ1v) is 20.6. The van der Waals surface area contributed by atoms with E-state index in [1.807, 2.05) is 6.92 Å². The van der Waals surface area contributed by atoms with E-state index in [0.29, 0.717) is 67.0 Å². The third-order valence-corrected chi connectivity index (χ3v) is 17.2. The molecular formula is C43H66N2O5. The van der Waals surface area contributed by atoms with Gasteiger partial charge in [-0.3, -0.25) is 19.2 Å². The highest BCUT2D eigenvalue weighted by atomic mass is 16.4. The summed E-state index contributed by atoms with van der Waals surface area (Å²) in [7, 11) is 0. The van der Waals surface area contributed by atoms with Crippen LogP contribution in [0.25, 0.3) is 0 Å². The molecule has 5 saturated carbocycles. The minimum absolute atomic E-state index is 0.0498. The summed E-state index contributed by atoms with van der Waals surface area (Å²) in [6.07, 6.45) is 13.9. The number of hydrogen-bond acceptors (Lipinski definition) is 5. The van der Waals surface area contributed by atoms with E-state index in [-0.39, 0.29) is 57.3 Å². The van der Waals surface area contributed by atoms with E-state index < -0.39 is 5.97 Å². The van der Waals surface area contributed by atoms with Crippen LogP contribution in [-0.2, 0) is 19.2 Å². The lowest BCUT2D eigenvalue weighted by Crippen LogP contribution is -2.62. The van der Waals surface area contributed by atoms with E-state index >= 15 is 0 Å². The summed E-state index contributed by atoms with van der Waals surface area (Å²) in [6, 6.07) is -0.0695. The number of fused-ring (bicyclic) bond motifs is 7. The summed E-state index contributed by atoms with van der Waals surface area (Å²) in [5.74, 6) is 2.38. The minimum Gasteiger partial charge on any atom is -0.481 e. The zero-order valence-electron chi connectivity index (χ0n) is 32.2. The Hall–Kier alpha value is -2.02. The number of nitrogens with one attached hydrogen (secondary N) is 2. The van der Waals surface area contributed by atoms with Crippen LogP contribution in [0.3, 0.4) is 0 Å². The van der Waals surface area contributed by atoms with Crippen molar-refractivity contribution in [1.29, 1.82) is 0 Å². The van der Waals surface area contributed by atoms with Gasteiger partial charge in [-0.1, -0.05) is 54.0 Å². The molecule has 6 fully saturated rings. The smallest absolute Gasteiger partial charge is 0.306 e. The van der Waals surface area contributed by atoms with Crippen LogP contribution >= 0.6 is 0 Å². The van der Waals surface area contributed by atoms with Crippen molar-refractivity contribution < 1.29 is 24.3 Å². The zero-order valence-corrected chi connectivity index (χ0v) is 32.2. The van der Waals surface area contributed by atoms with Crippen LogP contribution in [0, 0.1) is 74.9 Å². The van der Waals surface area contributed by atoms with Gasteiger partial charge >= 0.3 is 5.97 Å². The van der Waals surface area contributed by atoms with Gasteiger partial charge in [-0.15, -0.1) is 0 Å². The molecule has 7 aliphatic rings. The normalized spacial score (nSPS) is 44.9. The Kier molecular flexibility index (Phi) is 9.33. The molecule has 12 unspecified atom stereocenters. The van der Waals surface area contributed by atoms with E-state index in [4.69, 9.17) is 0 Å². The molecule has 6 aliphatic carbocycles. The predicted octanol–water partition coefficient (Wildman–Crippen LogP) is 7.77. The van der Waals surface area contributed by atoms with Gasteiger partial charge in [0.25, 0.3) is 0 Å². The van der Waals surface area contributed by atoms with Gasteiger partial charge in [0.15, 0.2) is 5.78 Å². The fourth-order valence-corrected chi connectivity index (χ4v) is 14.6. The number of carboxylic acids is 1. The highest BCUT2D eigenvalue weighted by molar-refractivity contribution is 6.00. The average Bonchev–Trinajstić information content (AvgIpc) is 3.68. The Morgan fingerprint density at radius 1 is 0.920 bits per heavy atom. The maximum atomic E-state index is 13.9. The van der Waals surface area contributed by atoms with Crippen molar-refractivity contribution in [1.82, 2.24) is 10.6 Å². The molecule has 0 spiro atoms. The van der Waals surface area contributed by atoms with Gasteiger partial charge in [0.2, 0.25) is 5.91 Å². The van der Waals surface area contributed by atoms with Gasteiger partial charge in [0.1, 0.15) is 5.78 Å². The molecule has 12 atom stereocenters. The molecule has 0 aromatic heterocycles. The summed E-state index contributed by atoms with van der Waals surface area (Å²) in [6.45, 7) is 18.1. The van der Waals surface area contributed by atoms with E-state index in [1.54, 1.807) is 0 Å². The molecule has 7 heteroatoms. The molecular weight excluding hydrogens is 624 g/mol. The van der Waals surface area contributed by atoms with Crippen LogP contribution in [-0.4, -0.2) is 47.7 Å². The molecule has 278 valence electrons. The SMILES string of the molecule is CC(C)C1=C2C3CCC4C(C)(CCC5C(C)(C)C(CC(=O)C6CC(C(=O)O)C6C)CCC54C)C3CCC2(CCNC(=O)C2CCCN2)CC1=O. The van der Waals surface area contributed by atoms with Gasteiger partial charge in [0, 0.05) is 30.7 Å². The Labute approximate surface area is 301 Å². The lowest BCUT2D eigenvalue weighted by molar-refractivity contribution is -0.193. The number of rotatable bonds is 9. The minimum atomic E-state index is -0.754. The Morgan fingerprint density at radius 3 is 2.32 bits per heavy atom. The number of ketones is 2. The largest absolute Gasteiger partial charge is 0.481 e. The Morgan fingerprint density at radius 2 is 1.66 bits per heavy atom. The van der Waals surface area contributed by atoms with Crippen molar-refractivity contribution in [3.63, 3.8) is 0 Å². The standard InChI is InChI=1S/C43H66N2O5/c1-24(2)36-33(47)23-43(18-20-45-38(48)31-9-8-19-44-31)17-13-30-27(37(36)43)10-11-35-41(30,6)16-14-34-40(4,5)26(12-15-42(34,35)7)21-32(46)28-22-29(25(28)3)39(49)50/h24-31,34-35,44H,8-23H2,1-7H3,(H,45,48)(H,49,50). The molecule has 3 N–H and O–H groups in total. The maximum absolute atomic E-state index is 13.9. The van der Waals surface area contributed by atoms with Crippen molar-refractivity contribution >= 4 is 23.4 Å². The van der Waals surface area contributed by atoms with Gasteiger partial charge in [-0.25, -0.2) is 0 Å². The number of Topliss-reactive ketones (excluding diaryl/α,β-unsaturated/α-hetero) is 2. The number of carbonyl (C=O) groups excluding carboxylic acids is 3. The van der Waals surface area contributed by atoms with E-state index in [1.165, 1.54) is 44.1 Å². The molecule has 0 bridgehead atoms. The fraction of sp³-hybridized carbons (Fsp3) is 0.860. The van der Waals surface area contributed by atoms with Crippen molar-refractivity contribution in [3.8, 4) is 0 Å². The third-order valence-electron chi connectivity index (χ3n) is 17.2. The second kappa shape index (κ2) is 12.8. The maximum Gasteiger partial charge on any atom is 0.306 e. The molecule has 1 saturated heterocycles. The second-order valence-corrected chi connectivity index (χ2v) is 19.9. The quantitative estimate of drug-likeness (QED) is 0.228. The van der Waals surface area contributed by atoms with Crippen LogP contribution in [0.2, 0.25) is 0 Å². The molecule has 50 heavy (non-hydrogen) atoms. The van der Waals surface area contributed by atoms with Crippen LogP contribution in [0.4, 0.5) is 0 Å². The predicted molar refractivity (Wildman–Crippen MR) is 195 cm³/mol. The third kappa shape index (κ3) is 5.51. The van der Waals surface area contributed by atoms with E-state index in [2.05, 4.69) is 52.2 Å². The fourth-order valence-electron chi connectivity index (χ4n) is 14.6. The van der Waals surface area contributed by atoms with Crippen LogP contribution in [0.1, 0.15) is 138 Å². The summed E-state index contributed by atoms with van der Waals surface area (Å²) in [4.78, 5) is 51.9. The summed E-state index contributed by atoms with van der Waals surface area (Å²) >= 11 is 0. The second-order valence-electron chi connectivity index (χ2n) is 19.9. The topological polar surface area (TPSA) is 113 Å². The molecule has 0 aromatic rings. The van der Waals surface area contributed by atoms with Gasteiger partial charge in [-0.2, -0.15) is 0 Å². The molecule has 1 aliphatic heterocycles. The van der Waals surface area contributed by atoms with Crippen molar-refractivity contribution in [3.05, 3.63) is 11.1 Å². The Balaban J connectivity index is 1.09.